The predicted octanol–water partition coefficient (Wildman–Crippen LogP) is 3.12. The summed E-state index contributed by atoms with van der Waals surface area (Å²) in [5.74, 6) is 0.00375. The van der Waals surface area contributed by atoms with Crippen molar-refractivity contribution in [1.82, 2.24) is 5.32 Å². The molecule has 0 amide bonds. The van der Waals surface area contributed by atoms with Gasteiger partial charge in [0.25, 0.3) is 0 Å². The lowest BCUT2D eigenvalue weighted by Gasteiger charge is -2.22. The van der Waals surface area contributed by atoms with E-state index in [1.54, 1.807) is 19.1 Å². The molecule has 0 saturated carbocycles. The topological polar surface area (TPSA) is 52.5 Å². The summed E-state index contributed by atoms with van der Waals surface area (Å²) in [6, 6.07) is 4.27. The van der Waals surface area contributed by atoms with Crippen LogP contribution in [0.15, 0.2) is 22.7 Å². The summed E-state index contributed by atoms with van der Waals surface area (Å²) in [6.45, 7) is 1.16. The summed E-state index contributed by atoms with van der Waals surface area (Å²) < 4.78 is 37.3. The predicted molar refractivity (Wildman–Crippen MR) is 68.9 cm³/mol. The number of aliphatic hydroxyl groups is 1. The molecule has 3 N–H and O–H groups in total. The normalized spacial score (nSPS) is 15.3. The minimum absolute atomic E-state index is 0.00375. The number of halogens is 4. The van der Waals surface area contributed by atoms with Gasteiger partial charge in [0.2, 0.25) is 0 Å². The number of hydrogen-bond donors (Lipinski definition) is 3. The number of benzene rings is 1. The molecule has 0 fully saturated rings. The molecule has 0 aliphatic rings. The minimum atomic E-state index is -4.65. The Morgan fingerprint density at radius 1 is 1.37 bits per heavy atom. The van der Waals surface area contributed by atoms with Crippen molar-refractivity contribution < 1.29 is 23.4 Å². The standard InChI is InChI=1S/C12H15BrF3NO2/c1-2-9(17-6-11(19)12(14,15)16)8-5-7(13)3-4-10(8)18/h3-5,9,11,17-19H,2,6H2,1H3. The van der Waals surface area contributed by atoms with Gasteiger partial charge in [-0.15, -0.1) is 0 Å². The van der Waals surface area contributed by atoms with Crippen LogP contribution >= 0.6 is 15.9 Å². The van der Waals surface area contributed by atoms with Gasteiger partial charge >= 0.3 is 6.18 Å². The van der Waals surface area contributed by atoms with Crippen molar-refractivity contribution in [2.24, 2.45) is 0 Å². The van der Waals surface area contributed by atoms with Crippen LogP contribution in [-0.2, 0) is 0 Å². The average molecular weight is 342 g/mol. The highest BCUT2D eigenvalue weighted by Gasteiger charge is 2.38. The Morgan fingerprint density at radius 2 is 2.00 bits per heavy atom. The van der Waals surface area contributed by atoms with E-state index in [4.69, 9.17) is 5.11 Å². The molecule has 0 spiro atoms. The zero-order valence-electron chi connectivity index (χ0n) is 10.2. The Kier molecular flexibility index (Phi) is 5.64. The zero-order chi connectivity index (χ0) is 14.6. The van der Waals surface area contributed by atoms with E-state index in [1.807, 2.05) is 0 Å². The molecule has 0 aliphatic carbocycles. The number of phenolic OH excluding ortho intramolecular Hbond substituents is 1. The van der Waals surface area contributed by atoms with E-state index in [9.17, 15) is 18.3 Å². The number of phenols is 1. The van der Waals surface area contributed by atoms with Crippen LogP contribution in [-0.4, -0.2) is 29.0 Å². The third-order valence-corrected chi connectivity index (χ3v) is 3.20. The molecule has 1 aromatic rings. The molecule has 108 valence electrons. The molecule has 1 aromatic carbocycles. The molecule has 0 aliphatic heterocycles. The summed E-state index contributed by atoms with van der Waals surface area (Å²) in [4.78, 5) is 0. The van der Waals surface area contributed by atoms with Crippen LogP contribution in [0.5, 0.6) is 5.75 Å². The summed E-state index contributed by atoms with van der Waals surface area (Å²) in [5.41, 5.74) is 0.492. The average Bonchev–Trinajstić information content (AvgIpc) is 2.32. The second-order valence-corrected chi connectivity index (χ2v) is 5.05. The fraction of sp³-hybridized carbons (Fsp3) is 0.500. The first-order chi connectivity index (χ1) is 8.75. The molecule has 0 radical (unpaired) electrons. The maximum Gasteiger partial charge on any atom is 0.415 e. The molecule has 0 saturated heterocycles. The lowest BCUT2D eigenvalue weighted by atomic mass is 10.0. The molecule has 7 heteroatoms. The second-order valence-electron chi connectivity index (χ2n) is 4.13. The largest absolute Gasteiger partial charge is 0.508 e. The third-order valence-electron chi connectivity index (χ3n) is 2.71. The highest BCUT2D eigenvalue weighted by molar-refractivity contribution is 9.10. The molecule has 0 aromatic heterocycles. The van der Waals surface area contributed by atoms with E-state index in [1.165, 1.54) is 6.07 Å². The van der Waals surface area contributed by atoms with Crippen LogP contribution in [0, 0.1) is 0 Å². The van der Waals surface area contributed by atoms with Crippen molar-refractivity contribution in [2.75, 3.05) is 6.54 Å². The first-order valence-electron chi connectivity index (χ1n) is 5.72. The van der Waals surface area contributed by atoms with Gasteiger partial charge in [-0.25, -0.2) is 0 Å². The number of aromatic hydroxyl groups is 1. The van der Waals surface area contributed by atoms with Crippen molar-refractivity contribution in [3.63, 3.8) is 0 Å². The molecule has 2 unspecified atom stereocenters. The number of hydrogen-bond acceptors (Lipinski definition) is 3. The quantitative estimate of drug-likeness (QED) is 0.771. The van der Waals surface area contributed by atoms with E-state index < -0.39 is 24.9 Å². The molecular formula is C12H15BrF3NO2. The van der Waals surface area contributed by atoms with Gasteiger partial charge in [-0.3, -0.25) is 0 Å². The van der Waals surface area contributed by atoms with Gasteiger partial charge in [0.05, 0.1) is 0 Å². The first kappa shape index (κ1) is 16.3. The summed E-state index contributed by atoms with van der Waals surface area (Å²) >= 11 is 3.24. The van der Waals surface area contributed by atoms with Gasteiger partial charge in [-0.05, 0) is 24.6 Å². The van der Waals surface area contributed by atoms with Gasteiger partial charge in [-0.2, -0.15) is 13.2 Å². The SMILES string of the molecule is CCC(NCC(O)C(F)(F)F)c1cc(Br)ccc1O. The number of rotatable bonds is 5. The van der Waals surface area contributed by atoms with Gasteiger partial charge in [0, 0.05) is 22.6 Å². The lowest BCUT2D eigenvalue weighted by Crippen LogP contribution is -2.39. The summed E-state index contributed by atoms with van der Waals surface area (Å²) in [6.07, 6.45) is -6.59. The van der Waals surface area contributed by atoms with Crippen LogP contribution in [0.3, 0.4) is 0 Å². The molecular weight excluding hydrogens is 327 g/mol. The number of aliphatic hydroxyl groups excluding tert-OH is 1. The van der Waals surface area contributed by atoms with Gasteiger partial charge in [-0.1, -0.05) is 22.9 Å². The van der Waals surface area contributed by atoms with Crippen molar-refractivity contribution in [3.05, 3.63) is 28.2 Å². The zero-order valence-corrected chi connectivity index (χ0v) is 11.8. The van der Waals surface area contributed by atoms with Crippen LogP contribution in [0.4, 0.5) is 13.2 Å². The molecule has 2 atom stereocenters. The third kappa shape index (κ3) is 4.67. The summed E-state index contributed by atoms with van der Waals surface area (Å²) in [7, 11) is 0. The Bertz CT molecular complexity index is 426. The van der Waals surface area contributed by atoms with E-state index in [2.05, 4.69) is 21.2 Å². The van der Waals surface area contributed by atoms with E-state index in [0.29, 0.717) is 12.0 Å². The summed E-state index contributed by atoms with van der Waals surface area (Å²) in [5, 5.41) is 21.3. The van der Waals surface area contributed by atoms with Crippen LogP contribution < -0.4 is 5.32 Å². The molecule has 1 rings (SSSR count). The van der Waals surface area contributed by atoms with Crippen LogP contribution in [0.25, 0.3) is 0 Å². The maximum absolute atomic E-state index is 12.2. The Balaban J connectivity index is 2.76. The van der Waals surface area contributed by atoms with Crippen molar-refractivity contribution in [3.8, 4) is 5.75 Å². The van der Waals surface area contributed by atoms with Gasteiger partial charge < -0.3 is 15.5 Å². The molecule has 0 bridgehead atoms. The smallest absolute Gasteiger partial charge is 0.415 e. The maximum atomic E-state index is 12.2. The van der Waals surface area contributed by atoms with E-state index >= 15 is 0 Å². The fourth-order valence-corrected chi connectivity index (χ4v) is 2.03. The Morgan fingerprint density at radius 3 is 2.53 bits per heavy atom. The Hall–Kier alpha value is -0.790. The van der Waals surface area contributed by atoms with Gasteiger partial charge in [0.1, 0.15) is 5.75 Å². The number of nitrogens with one attached hydrogen (secondary N) is 1. The lowest BCUT2D eigenvalue weighted by molar-refractivity contribution is -0.202. The molecule has 19 heavy (non-hydrogen) atoms. The van der Waals surface area contributed by atoms with Crippen molar-refractivity contribution in [2.45, 2.75) is 31.7 Å². The van der Waals surface area contributed by atoms with Crippen LogP contribution in [0.2, 0.25) is 0 Å². The second kappa shape index (κ2) is 6.58. The minimum Gasteiger partial charge on any atom is -0.508 e. The first-order valence-corrected chi connectivity index (χ1v) is 6.51. The Labute approximate surface area is 117 Å². The van der Waals surface area contributed by atoms with Crippen LogP contribution in [0.1, 0.15) is 24.9 Å². The van der Waals surface area contributed by atoms with Crippen molar-refractivity contribution >= 4 is 15.9 Å². The molecule has 0 heterocycles. The highest BCUT2D eigenvalue weighted by atomic mass is 79.9. The number of alkyl halides is 3. The van der Waals surface area contributed by atoms with E-state index in [0.717, 1.165) is 4.47 Å². The van der Waals surface area contributed by atoms with Gasteiger partial charge in [0.15, 0.2) is 6.10 Å². The monoisotopic (exact) mass is 341 g/mol. The fourth-order valence-electron chi connectivity index (χ4n) is 1.65. The van der Waals surface area contributed by atoms with E-state index in [-0.39, 0.29) is 5.75 Å². The highest BCUT2D eigenvalue weighted by Crippen LogP contribution is 2.29. The van der Waals surface area contributed by atoms with Crippen molar-refractivity contribution in [1.29, 1.82) is 0 Å². The molecule has 3 nitrogen and oxygen atoms in total.